The van der Waals surface area contributed by atoms with Crippen LogP contribution in [-0.4, -0.2) is 31.1 Å². The first-order valence-electron chi connectivity index (χ1n) is 5.39. The van der Waals surface area contributed by atoms with Gasteiger partial charge in [-0.15, -0.1) is 0 Å². The van der Waals surface area contributed by atoms with Crippen LogP contribution >= 0.6 is 0 Å². The molecule has 1 rings (SSSR count). The summed E-state index contributed by atoms with van der Waals surface area (Å²) >= 11 is 0. The fourth-order valence-corrected chi connectivity index (χ4v) is 1.23. The molecular weight excluding hydrogens is 252 g/mol. The van der Waals surface area contributed by atoms with Gasteiger partial charge in [-0.25, -0.2) is 9.59 Å². The lowest BCUT2D eigenvalue weighted by Crippen LogP contribution is -2.42. The maximum absolute atomic E-state index is 11.7. The van der Waals surface area contributed by atoms with E-state index in [1.807, 2.05) is 5.32 Å². The van der Waals surface area contributed by atoms with E-state index in [-0.39, 0.29) is 5.56 Å². The normalized spacial score (nSPS) is 11.3. The van der Waals surface area contributed by atoms with E-state index in [4.69, 9.17) is 15.2 Å². The highest BCUT2D eigenvalue weighted by atomic mass is 16.5. The Labute approximate surface area is 109 Å². The quantitative estimate of drug-likeness (QED) is 0.768. The van der Waals surface area contributed by atoms with Crippen LogP contribution in [0.5, 0.6) is 5.75 Å². The molecule has 0 radical (unpaired) electrons. The summed E-state index contributed by atoms with van der Waals surface area (Å²) in [7, 11) is 1.50. The number of esters is 1. The third-order valence-electron chi connectivity index (χ3n) is 2.23. The molecule has 1 aromatic rings. The Bertz CT molecular complexity index is 483. The molecule has 0 fully saturated rings. The highest BCUT2D eigenvalue weighted by Gasteiger charge is 2.19. The Morgan fingerprint density at radius 1 is 1.21 bits per heavy atom. The van der Waals surface area contributed by atoms with E-state index >= 15 is 0 Å². The van der Waals surface area contributed by atoms with Crippen LogP contribution in [0.4, 0.5) is 4.79 Å². The van der Waals surface area contributed by atoms with Gasteiger partial charge >= 0.3 is 12.0 Å². The standard InChI is InChI=1S/C12H14N2O5/c1-7(10(15)14-12(13)17)19-11(16)8-3-5-9(18-2)6-4-8/h3-7H,1-2H3,(H3,13,14,15,17)/t7-/m0/s1. The van der Waals surface area contributed by atoms with E-state index < -0.39 is 24.0 Å². The van der Waals surface area contributed by atoms with Gasteiger partial charge in [0.2, 0.25) is 0 Å². The molecule has 0 aliphatic carbocycles. The van der Waals surface area contributed by atoms with E-state index in [1.54, 1.807) is 12.1 Å². The van der Waals surface area contributed by atoms with Crippen LogP contribution in [0.3, 0.4) is 0 Å². The summed E-state index contributed by atoms with van der Waals surface area (Å²) in [5, 5.41) is 1.82. The van der Waals surface area contributed by atoms with Gasteiger partial charge in [0.05, 0.1) is 12.7 Å². The van der Waals surface area contributed by atoms with E-state index in [9.17, 15) is 14.4 Å². The van der Waals surface area contributed by atoms with Gasteiger partial charge < -0.3 is 15.2 Å². The largest absolute Gasteiger partial charge is 0.497 e. The summed E-state index contributed by atoms with van der Waals surface area (Å²) < 4.78 is 9.82. The molecule has 1 aromatic carbocycles. The Hall–Kier alpha value is -2.57. The molecule has 0 saturated heterocycles. The monoisotopic (exact) mass is 266 g/mol. The molecule has 7 nitrogen and oxygen atoms in total. The van der Waals surface area contributed by atoms with E-state index in [2.05, 4.69) is 0 Å². The third-order valence-corrected chi connectivity index (χ3v) is 2.23. The molecule has 0 unspecified atom stereocenters. The topological polar surface area (TPSA) is 108 Å². The lowest BCUT2D eigenvalue weighted by Gasteiger charge is -2.12. The minimum Gasteiger partial charge on any atom is -0.497 e. The number of nitrogens with one attached hydrogen (secondary N) is 1. The molecule has 0 spiro atoms. The van der Waals surface area contributed by atoms with Crippen molar-refractivity contribution in [1.82, 2.24) is 5.32 Å². The van der Waals surface area contributed by atoms with Gasteiger partial charge in [-0.05, 0) is 31.2 Å². The zero-order valence-electron chi connectivity index (χ0n) is 10.5. The van der Waals surface area contributed by atoms with Crippen LogP contribution < -0.4 is 15.8 Å². The fraction of sp³-hybridized carbons (Fsp3) is 0.250. The number of carbonyl (C=O) groups excluding carboxylic acids is 3. The number of rotatable bonds is 4. The Kier molecular flexibility index (Phi) is 4.87. The van der Waals surface area contributed by atoms with Crippen molar-refractivity contribution in [3.8, 4) is 5.75 Å². The first-order valence-corrected chi connectivity index (χ1v) is 5.39. The molecule has 0 aliphatic heterocycles. The van der Waals surface area contributed by atoms with Crippen LogP contribution in [0.2, 0.25) is 0 Å². The van der Waals surface area contributed by atoms with Crippen LogP contribution in [0.25, 0.3) is 0 Å². The molecule has 102 valence electrons. The van der Waals surface area contributed by atoms with Gasteiger partial charge in [0, 0.05) is 0 Å². The SMILES string of the molecule is COc1ccc(C(=O)O[C@@H](C)C(=O)NC(N)=O)cc1. The number of imide groups is 1. The van der Waals surface area contributed by atoms with E-state index in [0.717, 1.165) is 0 Å². The first kappa shape index (κ1) is 14.5. The molecule has 0 saturated carbocycles. The lowest BCUT2D eigenvalue weighted by molar-refractivity contribution is -0.127. The number of benzene rings is 1. The maximum atomic E-state index is 11.7. The molecule has 0 aliphatic rings. The maximum Gasteiger partial charge on any atom is 0.338 e. The van der Waals surface area contributed by atoms with E-state index in [0.29, 0.717) is 5.75 Å². The number of carbonyl (C=O) groups is 3. The average molecular weight is 266 g/mol. The van der Waals surface area contributed by atoms with Crippen molar-refractivity contribution < 1.29 is 23.9 Å². The van der Waals surface area contributed by atoms with Crippen LogP contribution in [0.1, 0.15) is 17.3 Å². The van der Waals surface area contributed by atoms with Crippen molar-refractivity contribution in [3.05, 3.63) is 29.8 Å². The fourth-order valence-electron chi connectivity index (χ4n) is 1.23. The van der Waals surface area contributed by atoms with Crippen molar-refractivity contribution in [2.24, 2.45) is 5.73 Å². The summed E-state index contributed by atoms with van der Waals surface area (Å²) in [6, 6.07) is 5.17. The number of urea groups is 1. The van der Waals surface area contributed by atoms with Crippen molar-refractivity contribution >= 4 is 17.9 Å². The second kappa shape index (κ2) is 6.39. The average Bonchev–Trinajstić information content (AvgIpc) is 2.37. The minimum absolute atomic E-state index is 0.263. The molecule has 3 amide bonds. The summed E-state index contributed by atoms with van der Waals surface area (Å²) in [4.78, 5) is 33.5. The predicted octanol–water partition coefficient (Wildman–Crippen LogP) is 0.435. The van der Waals surface area contributed by atoms with Crippen molar-refractivity contribution in [1.29, 1.82) is 0 Å². The number of hydrogen-bond acceptors (Lipinski definition) is 5. The van der Waals surface area contributed by atoms with Gasteiger partial charge in [-0.1, -0.05) is 0 Å². The minimum atomic E-state index is -1.12. The second-order valence-corrected chi connectivity index (χ2v) is 3.63. The van der Waals surface area contributed by atoms with Crippen LogP contribution in [0, 0.1) is 0 Å². The highest BCUT2D eigenvalue weighted by molar-refractivity contribution is 5.98. The zero-order valence-corrected chi connectivity index (χ0v) is 10.5. The van der Waals surface area contributed by atoms with E-state index in [1.165, 1.54) is 26.2 Å². The molecule has 0 heterocycles. The molecule has 1 atom stereocenters. The van der Waals surface area contributed by atoms with Gasteiger partial charge in [0.25, 0.3) is 5.91 Å². The zero-order chi connectivity index (χ0) is 14.4. The smallest absolute Gasteiger partial charge is 0.338 e. The van der Waals surface area contributed by atoms with Gasteiger partial charge in [0.1, 0.15) is 5.75 Å². The highest BCUT2D eigenvalue weighted by Crippen LogP contribution is 2.12. The third kappa shape index (κ3) is 4.30. The number of hydrogen-bond donors (Lipinski definition) is 2. The summed E-state index contributed by atoms with van der Waals surface area (Å²) in [5.74, 6) is -0.875. The Morgan fingerprint density at radius 2 is 1.79 bits per heavy atom. The number of ether oxygens (including phenoxy) is 2. The van der Waals surface area contributed by atoms with Crippen LogP contribution in [-0.2, 0) is 9.53 Å². The van der Waals surface area contributed by atoms with Crippen LogP contribution in [0.15, 0.2) is 24.3 Å². The first-order chi connectivity index (χ1) is 8.93. The molecule has 0 bridgehead atoms. The van der Waals surface area contributed by atoms with Crippen molar-refractivity contribution in [2.75, 3.05) is 7.11 Å². The number of nitrogens with two attached hydrogens (primary N) is 1. The molecular formula is C12H14N2O5. The molecule has 19 heavy (non-hydrogen) atoms. The lowest BCUT2D eigenvalue weighted by atomic mass is 10.2. The van der Waals surface area contributed by atoms with Gasteiger partial charge in [0.15, 0.2) is 6.10 Å². The number of amides is 3. The van der Waals surface area contributed by atoms with Crippen molar-refractivity contribution in [3.63, 3.8) is 0 Å². The Morgan fingerprint density at radius 3 is 2.26 bits per heavy atom. The van der Waals surface area contributed by atoms with Crippen molar-refractivity contribution in [2.45, 2.75) is 13.0 Å². The molecule has 0 aromatic heterocycles. The summed E-state index contributed by atoms with van der Waals surface area (Å²) in [6.45, 7) is 1.33. The molecule has 3 N–H and O–H groups in total. The summed E-state index contributed by atoms with van der Waals surface area (Å²) in [5.41, 5.74) is 5.04. The summed E-state index contributed by atoms with van der Waals surface area (Å²) in [6.07, 6.45) is -1.12. The number of primary amides is 1. The van der Waals surface area contributed by atoms with Gasteiger partial charge in [-0.2, -0.15) is 0 Å². The molecule has 7 heteroatoms. The second-order valence-electron chi connectivity index (χ2n) is 3.63. The Balaban J connectivity index is 2.63. The number of methoxy groups -OCH3 is 1. The van der Waals surface area contributed by atoms with Gasteiger partial charge in [-0.3, -0.25) is 10.1 Å². The predicted molar refractivity (Wildman–Crippen MR) is 65.6 cm³/mol.